The molecule has 0 saturated heterocycles. The minimum Gasteiger partial charge on any atom is -0.481 e. The average Bonchev–Trinajstić information content (AvgIpc) is 2.78. The van der Waals surface area contributed by atoms with Crippen LogP contribution in [0.2, 0.25) is 0 Å². The summed E-state index contributed by atoms with van der Waals surface area (Å²) in [6.07, 6.45) is 11.4. The van der Waals surface area contributed by atoms with Gasteiger partial charge in [0.1, 0.15) is 0 Å². The second-order valence-electron chi connectivity index (χ2n) is 7.75. The molecule has 0 atom stereocenters. The third kappa shape index (κ3) is 6.51. The van der Waals surface area contributed by atoms with Crippen molar-refractivity contribution >= 4 is 5.97 Å². The van der Waals surface area contributed by atoms with Gasteiger partial charge < -0.3 is 5.11 Å². The Kier molecular flexibility index (Phi) is 8.13. The van der Waals surface area contributed by atoms with E-state index in [-0.39, 0.29) is 6.42 Å². The van der Waals surface area contributed by atoms with Gasteiger partial charge in [0.25, 0.3) is 0 Å². The molecule has 4 nitrogen and oxygen atoms in total. The highest BCUT2D eigenvalue weighted by Gasteiger charge is 2.05. The van der Waals surface area contributed by atoms with E-state index in [1.165, 1.54) is 30.4 Å². The van der Waals surface area contributed by atoms with E-state index in [0.717, 1.165) is 41.8 Å². The Bertz CT molecular complexity index is 917. The van der Waals surface area contributed by atoms with E-state index >= 15 is 0 Å². The predicted molar refractivity (Wildman–Crippen MR) is 121 cm³/mol. The highest BCUT2D eigenvalue weighted by atomic mass is 16.4. The van der Waals surface area contributed by atoms with Crippen molar-refractivity contribution in [3.8, 4) is 22.5 Å². The number of aromatic nitrogens is 2. The van der Waals surface area contributed by atoms with E-state index in [2.05, 4.69) is 65.4 Å². The number of unbranched alkanes of at least 4 members (excludes halogenated alkanes) is 3. The quantitative estimate of drug-likeness (QED) is 0.380. The van der Waals surface area contributed by atoms with Gasteiger partial charge in [0.05, 0.1) is 0 Å². The average molecular weight is 403 g/mol. The molecule has 156 valence electrons. The summed E-state index contributed by atoms with van der Waals surface area (Å²) in [6, 6.07) is 16.9. The summed E-state index contributed by atoms with van der Waals surface area (Å²) in [6.45, 7) is 2.23. The molecule has 0 fully saturated rings. The summed E-state index contributed by atoms with van der Waals surface area (Å²) < 4.78 is 0. The molecule has 3 rings (SSSR count). The van der Waals surface area contributed by atoms with Crippen molar-refractivity contribution in [3.63, 3.8) is 0 Å². The lowest BCUT2D eigenvalue weighted by atomic mass is 10.0. The third-order valence-corrected chi connectivity index (χ3v) is 5.33. The molecule has 0 bridgehead atoms. The molecule has 2 aromatic carbocycles. The van der Waals surface area contributed by atoms with Crippen molar-refractivity contribution in [3.05, 3.63) is 72.1 Å². The molecule has 1 heterocycles. The minimum atomic E-state index is -0.725. The van der Waals surface area contributed by atoms with Crippen LogP contribution >= 0.6 is 0 Å². The SMILES string of the molecule is CCCCCc1ccc(-c2ncc(-c3ccc(CCCCC(=O)O)cc3)cn2)cc1. The number of carboxylic acid groups (broad SMARTS) is 1. The number of hydrogen-bond acceptors (Lipinski definition) is 3. The third-order valence-electron chi connectivity index (χ3n) is 5.33. The van der Waals surface area contributed by atoms with Crippen LogP contribution in [0, 0.1) is 0 Å². The van der Waals surface area contributed by atoms with Crippen LogP contribution in [0.3, 0.4) is 0 Å². The topological polar surface area (TPSA) is 63.1 Å². The van der Waals surface area contributed by atoms with Crippen LogP contribution in [0.1, 0.15) is 56.6 Å². The summed E-state index contributed by atoms with van der Waals surface area (Å²) in [5.74, 6) is 0.0191. The van der Waals surface area contributed by atoms with Crippen molar-refractivity contribution in [1.29, 1.82) is 0 Å². The molecule has 3 aromatic rings. The van der Waals surface area contributed by atoms with Crippen LogP contribution in [0.5, 0.6) is 0 Å². The summed E-state index contributed by atoms with van der Waals surface area (Å²) in [5.41, 5.74) is 5.71. The summed E-state index contributed by atoms with van der Waals surface area (Å²) >= 11 is 0. The number of hydrogen-bond donors (Lipinski definition) is 1. The smallest absolute Gasteiger partial charge is 0.303 e. The number of carbonyl (C=O) groups is 1. The van der Waals surface area contributed by atoms with Gasteiger partial charge >= 0.3 is 5.97 Å². The van der Waals surface area contributed by atoms with E-state index in [1.807, 2.05) is 12.4 Å². The zero-order chi connectivity index (χ0) is 21.2. The zero-order valence-electron chi connectivity index (χ0n) is 17.7. The molecule has 1 aromatic heterocycles. The molecular formula is C26H30N2O2. The van der Waals surface area contributed by atoms with Gasteiger partial charge in [-0.2, -0.15) is 0 Å². The van der Waals surface area contributed by atoms with E-state index < -0.39 is 5.97 Å². The number of rotatable bonds is 11. The van der Waals surface area contributed by atoms with E-state index in [4.69, 9.17) is 5.11 Å². The van der Waals surface area contributed by atoms with Crippen molar-refractivity contribution in [1.82, 2.24) is 9.97 Å². The van der Waals surface area contributed by atoms with Crippen molar-refractivity contribution < 1.29 is 9.90 Å². The monoisotopic (exact) mass is 402 g/mol. The zero-order valence-corrected chi connectivity index (χ0v) is 17.7. The highest BCUT2D eigenvalue weighted by molar-refractivity contribution is 5.66. The first-order valence-corrected chi connectivity index (χ1v) is 10.9. The molecule has 4 heteroatoms. The number of aliphatic carboxylic acids is 1. The van der Waals surface area contributed by atoms with E-state index in [1.54, 1.807) is 0 Å². The molecule has 0 aliphatic rings. The lowest BCUT2D eigenvalue weighted by molar-refractivity contribution is -0.137. The van der Waals surface area contributed by atoms with Crippen LogP contribution in [-0.2, 0) is 17.6 Å². The normalized spacial score (nSPS) is 10.8. The molecule has 0 saturated carbocycles. The number of benzene rings is 2. The van der Waals surface area contributed by atoms with Gasteiger partial charge in [-0.25, -0.2) is 9.97 Å². The Morgan fingerprint density at radius 2 is 1.27 bits per heavy atom. The second-order valence-corrected chi connectivity index (χ2v) is 7.75. The first-order valence-electron chi connectivity index (χ1n) is 10.9. The number of carboxylic acids is 1. The van der Waals surface area contributed by atoms with Crippen molar-refractivity contribution in [2.75, 3.05) is 0 Å². The summed E-state index contributed by atoms with van der Waals surface area (Å²) in [5, 5.41) is 8.71. The van der Waals surface area contributed by atoms with Gasteiger partial charge in [-0.3, -0.25) is 4.79 Å². The van der Waals surface area contributed by atoms with Crippen LogP contribution in [-0.4, -0.2) is 21.0 Å². The van der Waals surface area contributed by atoms with Gasteiger partial charge in [-0.1, -0.05) is 68.3 Å². The second kappa shape index (κ2) is 11.2. The molecule has 0 unspecified atom stereocenters. The fraction of sp³-hybridized carbons (Fsp3) is 0.346. The van der Waals surface area contributed by atoms with E-state index in [0.29, 0.717) is 6.42 Å². The van der Waals surface area contributed by atoms with Gasteiger partial charge in [0.2, 0.25) is 0 Å². The number of nitrogens with zero attached hydrogens (tertiary/aromatic N) is 2. The van der Waals surface area contributed by atoms with Crippen LogP contribution in [0.4, 0.5) is 0 Å². The molecular weight excluding hydrogens is 372 g/mol. The summed E-state index contributed by atoms with van der Waals surface area (Å²) in [7, 11) is 0. The standard InChI is InChI=1S/C26H30N2O2/c1-2-3-4-7-20-12-16-23(17-13-20)26-27-18-24(19-28-26)22-14-10-21(11-15-22)8-5-6-9-25(29)30/h10-19H,2-9H2,1H3,(H,29,30). The van der Waals surface area contributed by atoms with Gasteiger partial charge in [-0.05, 0) is 48.8 Å². The predicted octanol–water partition coefficient (Wildman–Crippen LogP) is 6.34. The fourth-order valence-corrected chi connectivity index (χ4v) is 3.49. The lowest BCUT2D eigenvalue weighted by Gasteiger charge is -2.06. The molecule has 0 aliphatic carbocycles. The van der Waals surface area contributed by atoms with Crippen molar-refractivity contribution in [2.45, 2.75) is 58.3 Å². The largest absolute Gasteiger partial charge is 0.481 e. The first-order chi connectivity index (χ1) is 14.7. The highest BCUT2D eigenvalue weighted by Crippen LogP contribution is 2.22. The molecule has 0 radical (unpaired) electrons. The van der Waals surface area contributed by atoms with Crippen LogP contribution in [0.15, 0.2) is 60.9 Å². The fourth-order valence-electron chi connectivity index (χ4n) is 3.49. The van der Waals surface area contributed by atoms with Crippen LogP contribution in [0.25, 0.3) is 22.5 Å². The number of aryl methyl sites for hydroxylation is 2. The molecule has 30 heavy (non-hydrogen) atoms. The van der Waals surface area contributed by atoms with Gasteiger partial charge in [0.15, 0.2) is 5.82 Å². The Morgan fingerprint density at radius 3 is 1.80 bits per heavy atom. The Labute approximate surface area is 179 Å². The Balaban J connectivity index is 1.58. The molecule has 1 N–H and O–H groups in total. The molecule has 0 aliphatic heterocycles. The van der Waals surface area contributed by atoms with Gasteiger partial charge in [-0.15, -0.1) is 0 Å². The molecule has 0 amide bonds. The van der Waals surface area contributed by atoms with Crippen LogP contribution < -0.4 is 0 Å². The van der Waals surface area contributed by atoms with E-state index in [9.17, 15) is 4.79 Å². The lowest BCUT2D eigenvalue weighted by Crippen LogP contribution is -1.95. The maximum absolute atomic E-state index is 10.6. The van der Waals surface area contributed by atoms with Gasteiger partial charge in [0, 0.05) is 29.9 Å². The summed E-state index contributed by atoms with van der Waals surface area (Å²) in [4.78, 5) is 19.7. The minimum absolute atomic E-state index is 0.239. The maximum atomic E-state index is 10.6. The molecule has 0 spiro atoms. The Morgan fingerprint density at radius 1 is 0.733 bits per heavy atom. The Hall–Kier alpha value is -3.01. The first kappa shape index (κ1) is 21.7. The van der Waals surface area contributed by atoms with Crippen molar-refractivity contribution in [2.24, 2.45) is 0 Å². The maximum Gasteiger partial charge on any atom is 0.303 e.